The van der Waals surface area contributed by atoms with Crippen LogP contribution in [-0.2, 0) is 4.74 Å². The minimum Gasteiger partial charge on any atom is -0.381 e. The van der Waals surface area contributed by atoms with Gasteiger partial charge in [0.25, 0.3) is 0 Å². The number of anilines is 1. The summed E-state index contributed by atoms with van der Waals surface area (Å²) in [7, 11) is 4.35. The Morgan fingerprint density at radius 1 is 1.32 bits per heavy atom. The van der Waals surface area contributed by atoms with Gasteiger partial charge in [-0.3, -0.25) is 4.40 Å². The van der Waals surface area contributed by atoms with Gasteiger partial charge >= 0.3 is 0 Å². The van der Waals surface area contributed by atoms with Crippen molar-refractivity contribution >= 4 is 11.5 Å². The van der Waals surface area contributed by atoms with E-state index in [-0.39, 0.29) is 5.41 Å². The highest BCUT2D eigenvalue weighted by Gasteiger charge is 2.49. The Labute approximate surface area is 129 Å². The molecule has 118 valence electrons. The lowest BCUT2D eigenvalue weighted by Gasteiger charge is -2.40. The SMILES string of the molecule is CN(C)C1CN(c2nccn3cnnc23)CC12CCOCC2. The fraction of sp³-hybridized carbons (Fsp3) is 0.667. The molecule has 0 amide bonds. The zero-order valence-corrected chi connectivity index (χ0v) is 13.1. The molecule has 4 heterocycles. The third-order valence-corrected chi connectivity index (χ3v) is 5.21. The lowest BCUT2D eigenvalue weighted by molar-refractivity contribution is -0.00577. The van der Waals surface area contributed by atoms with Crippen LogP contribution in [0.2, 0.25) is 0 Å². The second-order valence-electron chi connectivity index (χ2n) is 6.65. The van der Waals surface area contributed by atoms with E-state index in [0.29, 0.717) is 6.04 Å². The summed E-state index contributed by atoms with van der Waals surface area (Å²) in [6.45, 7) is 3.72. The Morgan fingerprint density at radius 2 is 2.14 bits per heavy atom. The first-order valence-corrected chi connectivity index (χ1v) is 7.83. The van der Waals surface area contributed by atoms with Crippen molar-refractivity contribution in [1.29, 1.82) is 0 Å². The van der Waals surface area contributed by atoms with E-state index in [1.54, 1.807) is 6.33 Å². The lowest BCUT2D eigenvalue weighted by atomic mass is 9.75. The smallest absolute Gasteiger partial charge is 0.203 e. The van der Waals surface area contributed by atoms with E-state index >= 15 is 0 Å². The van der Waals surface area contributed by atoms with Gasteiger partial charge in [-0.05, 0) is 26.9 Å². The van der Waals surface area contributed by atoms with Gasteiger partial charge in [-0.15, -0.1) is 10.2 Å². The Balaban J connectivity index is 1.70. The minimum absolute atomic E-state index is 0.288. The van der Waals surface area contributed by atoms with Crippen molar-refractivity contribution in [3.8, 4) is 0 Å². The molecule has 2 aliphatic heterocycles. The minimum atomic E-state index is 0.288. The monoisotopic (exact) mass is 302 g/mol. The van der Waals surface area contributed by atoms with Crippen LogP contribution >= 0.6 is 0 Å². The van der Waals surface area contributed by atoms with Crippen LogP contribution in [0.15, 0.2) is 18.7 Å². The van der Waals surface area contributed by atoms with E-state index in [2.05, 4.69) is 39.1 Å². The number of hydrogen-bond donors (Lipinski definition) is 0. The average Bonchev–Trinajstić information content (AvgIpc) is 3.12. The van der Waals surface area contributed by atoms with Crippen LogP contribution in [0.25, 0.3) is 5.65 Å². The number of aromatic nitrogens is 4. The molecule has 2 aromatic heterocycles. The van der Waals surface area contributed by atoms with Crippen molar-refractivity contribution in [3.05, 3.63) is 18.7 Å². The number of nitrogens with zero attached hydrogens (tertiary/aromatic N) is 6. The number of likely N-dealkylation sites (N-methyl/N-ethyl adjacent to an activating group) is 1. The van der Waals surface area contributed by atoms with Crippen LogP contribution in [0, 0.1) is 5.41 Å². The summed E-state index contributed by atoms with van der Waals surface area (Å²) in [4.78, 5) is 9.32. The number of ether oxygens (including phenoxy) is 1. The van der Waals surface area contributed by atoms with E-state index in [4.69, 9.17) is 4.74 Å². The van der Waals surface area contributed by atoms with Crippen LogP contribution in [0.1, 0.15) is 12.8 Å². The van der Waals surface area contributed by atoms with Crippen molar-refractivity contribution in [2.75, 3.05) is 45.3 Å². The molecule has 1 unspecified atom stereocenters. The van der Waals surface area contributed by atoms with Gasteiger partial charge in [0.1, 0.15) is 6.33 Å². The molecule has 22 heavy (non-hydrogen) atoms. The van der Waals surface area contributed by atoms with Gasteiger partial charge in [-0.25, -0.2) is 4.98 Å². The normalized spacial score (nSPS) is 24.7. The van der Waals surface area contributed by atoms with Crippen LogP contribution in [0.5, 0.6) is 0 Å². The Bertz CT molecular complexity index is 663. The van der Waals surface area contributed by atoms with E-state index in [0.717, 1.165) is 50.6 Å². The zero-order valence-electron chi connectivity index (χ0n) is 13.1. The molecule has 1 atom stereocenters. The van der Waals surface area contributed by atoms with E-state index in [1.165, 1.54) is 0 Å². The predicted molar refractivity (Wildman–Crippen MR) is 83.0 cm³/mol. The van der Waals surface area contributed by atoms with Crippen molar-refractivity contribution in [1.82, 2.24) is 24.5 Å². The van der Waals surface area contributed by atoms with Gasteiger partial charge in [0.2, 0.25) is 5.65 Å². The van der Waals surface area contributed by atoms with Gasteiger partial charge in [-0.2, -0.15) is 0 Å². The molecule has 0 radical (unpaired) electrons. The van der Waals surface area contributed by atoms with Crippen molar-refractivity contribution < 1.29 is 4.74 Å². The number of rotatable bonds is 2. The Hall–Kier alpha value is -1.73. The Kier molecular flexibility index (Phi) is 3.27. The molecule has 1 spiro atoms. The van der Waals surface area contributed by atoms with Gasteiger partial charge in [0.05, 0.1) is 0 Å². The van der Waals surface area contributed by atoms with Crippen LogP contribution in [-0.4, -0.2) is 70.9 Å². The first kappa shape index (κ1) is 13.9. The summed E-state index contributed by atoms with van der Waals surface area (Å²) in [5.74, 6) is 0.940. The largest absolute Gasteiger partial charge is 0.381 e. The highest BCUT2D eigenvalue weighted by Crippen LogP contribution is 2.43. The molecule has 2 fully saturated rings. The summed E-state index contributed by atoms with van der Waals surface area (Å²) in [5, 5.41) is 8.24. The number of hydrogen-bond acceptors (Lipinski definition) is 6. The van der Waals surface area contributed by atoms with Crippen LogP contribution in [0.3, 0.4) is 0 Å². The maximum absolute atomic E-state index is 5.60. The van der Waals surface area contributed by atoms with Gasteiger partial charge < -0.3 is 14.5 Å². The van der Waals surface area contributed by atoms with Crippen molar-refractivity contribution in [2.24, 2.45) is 5.41 Å². The number of fused-ring (bicyclic) bond motifs is 1. The molecule has 0 N–H and O–H groups in total. The standard InChI is InChI=1S/C15H22N6O/c1-19(2)12-9-21(10-15(12)3-7-22-8-4-15)13-14-18-17-11-20(14)6-5-16-13/h5-6,11-12H,3-4,7-10H2,1-2H3. The van der Waals surface area contributed by atoms with E-state index < -0.39 is 0 Å². The molecule has 0 aliphatic carbocycles. The first-order valence-electron chi connectivity index (χ1n) is 7.83. The first-order chi connectivity index (χ1) is 10.7. The summed E-state index contributed by atoms with van der Waals surface area (Å²) < 4.78 is 7.54. The van der Waals surface area contributed by atoms with Gasteiger partial charge in [-0.1, -0.05) is 0 Å². The Morgan fingerprint density at radius 3 is 2.91 bits per heavy atom. The topological polar surface area (TPSA) is 58.8 Å². The average molecular weight is 302 g/mol. The molecule has 7 heteroatoms. The molecular formula is C15H22N6O. The van der Waals surface area contributed by atoms with Crippen LogP contribution in [0.4, 0.5) is 5.82 Å². The summed E-state index contributed by atoms with van der Waals surface area (Å²) in [5.41, 5.74) is 1.13. The highest BCUT2D eigenvalue weighted by molar-refractivity contribution is 5.64. The maximum atomic E-state index is 5.60. The van der Waals surface area contributed by atoms with Crippen LogP contribution < -0.4 is 4.90 Å². The highest BCUT2D eigenvalue weighted by atomic mass is 16.5. The molecule has 7 nitrogen and oxygen atoms in total. The van der Waals surface area contributed by atoms with Crippen molar-refractivity contribution in [2.45, 2.75) is 18.9 Å². The fourth-order valence-electron chi connectivity index (χ4n) is 4.06. The van der Waals surface area contributed by atoms with E-state index in [9.17, 15) is 0 Å². The fourth-order valence-corrected chi connectivity index (χ4v) is 4.06. The summed E-state index contributed by atoms with van der Waals surface area (Å²) in [6, 6.07) is 0.515. The molecule has 2 saturated heterocycles. The van der Waals surface area contributed by atoms with Gasteiger partial charge in [0, 0.05) is 50.2 Å². The molecule has 2 aliphatic rings. The molecule has 0 aromatic carbocycles. The second-order valence-corrected chi connectivity index (χ2v) is 6.65. The third kappa shape index (κ3) is 2.07. The quantitative estimate of drug-likeness (QED) is 0.813. The van der Waals surface area contributed by atoms with Gasteiger partial charge in [0.15, 0.2) is 5.82 Å². The van der Waals surface area contributed by atoms with E-state index in [1.807, 2.05) is 16.8 Å². The summed E-state index contributed by atoms with van der Waals surface area (Å²) in [6.07, 6.45) is 7.67. The second kappa shape index (κ2) is 5.17. The predicted octanol–water partition coefficient (Wildman–Crippen LogP) is 0.671. The maximum Gasteiger partial charge on any atom is 0.203 e. The molecular weight excluding hydrogens is 280 g/mol. The zero-order chi connectivity index (χ0) is 15.2. The summed E-state index contributed by atoms with van der Waals surface area (Å²) >= 11 is 0. The molecule has 2 aromatic rings. The molecule has 4 rings (SSSR count). The molecule has 0 bridgehead atoms. The van der Waals surface area contributed by atoms with Crippen molar-refractivity contribution in [3.63, 3.8) is 0 Å². The molecule has 0 saturated carbocycles. The third-order valence-electron chi connectivity index (χ3n) is 5.21. The lowest BCUT2D eigenvalue weighted by Crippen LogP contribution is -2.46.